The first-order valence-electron chi connectivity index (χ1n) is 3.82. The quantitative estimate of drug-likeness (QED) is 0.500. The van der Waals surface area contributed by atoms with E-state index in [1.54, 1.807) is 17.4 Å². The van der Waals surface area contributed by atoms with Gasteiger partial charge in [-0.25, -0.2) is 0 Å². The molecule has 0 bridgehead atoms. The lowest BCUT2D eigenvalue weighted by atomic mass is 10.1. The van der Waals surface area contributed by atoms with Crippen LogP contribution < -0.4 is 5.73 Å². The first kappa shape index (κ1) is 8.87. The van der Waals surface area contributed by atoms with E-state index in [9.17, 15) is 0 Å². The van der Waals surface area contributed by atoms with Crippen LogP contribution in [-0.4, -0.2) is 5.11 Å². The lowest BCUT2D eigenvalue weighted by Crippen LogP contribution is -1.88. The summed E-state index contributed by atoms with van der Waals surface area (Å²) in [5, 5.41) is 10.0. The van der Waals surface area contributed by atoms with Crippen molar-refractivity contribution in [3.05, 3.63) is 23.8 Å². The van der Waals surface area contributed by atoms with Gasteiger partial charge < -0.3 is 10.8 Å². The number of aliphatic hydroxyl groups excluding tert-OH is 1. The molecule has 0 unspecified atom stereocenters. The molecule has 0 saturated heterocycles. The fourth-order valence-electron chi connectivity index (χ4n) is 1.32. The number of nitrogen functional groups attached to an aromatic ring is 1. The molecule has 4 heteroatoms. The van der Waals surface area contributed by atoms with Gasteiger partial charge in [0.05, 0.1) is 15.5 Å². The topological polar surface area (TPSA) is 46.2 Å². The molecule has 1 aromatic carbocycles. The third-order valence-electron chi connectivity index (χ3n) is 1.87. The number of thiophene rings is 1. The van der Waals surface area contributed by atoms with Gasteiger partial charge in [0.15, 0.2) is 0 Å². The summed E-state index contributed by atoms with van der Waals surface area (Å²) in [6, 6.07) is 5.69. The molecule has 0 amide bonds. The largest absolute Gasteiger partial charge is 0.398 e. The minimum Gasteiger partial charge on any atom is -0.398 e. The first-order valence-corrected chi connectivity index (χ1v) is 5.09. The molecule has 2 rings (SSSR count). The molecule has 0 aliphatic heterocycles. The zero-order valence-electron chi connectivity index (χ0n) is 6.82. The van der Waals surface area contributed by atoms with E-state index in [1.807, 2.05) is 12.1 Å². The van der Waals surface area contributed by atoms with Gasteiger partial charge in [-0.3, -0.25) is 0 Å². The van der Waals surface area contributed by atoms with Gasteiger partial charge in [-0.2, -0.15) is 0 Å². The van der Waals surface area contributed by atoms with Gasteiger partial charge in [0.25, 0.3) is 0 Å². The fraction of sp³-hybridized carbons (Fsp3) is 0.111. The number of benzene rings is 1. The number of thiol groups is 1. The van der Waals surface area contributed by atoms with Gasteiger partial charge in [-0.05, 0) is 29.1 Å². The third-order valence-corrected chi connectivity index (χ3v) is 3.28. The van der Waals surface area contributed by atoms with Gasteiger partial charge in [-0.15, -0.1) is 24.0 Å². The van der Waals surface area contributed by atoms with E-state index in [2.05, 4.69) is 12.6 Å². The van der Waals surface area contributed by atoms with Gasteiger partial charge in [-0.1, -0.05) is 0 Å². The van der Waals surface area contributed by atoms with Crippen molar-refractivity contribution in [2.24, 2.45) is 0 Å². The highest BCUT2D eigenvalue weighted by atomic mass is 32.2. The highest BCUT2D eigenvalue weighted by molar-refractivity contribution is 7.83. The molecule has 1 aromatic heterocycles. The number of fused-ring (bicyclic) bond motifs is 1. The van der Waals surface area contributed by atoms with Crippen molar-refractivity contribution in [3.63, 3.8) is 0 Å². The average molecular weight is 211 g/mol. The summed E-state index contributed by atoms with van der Waals surface area (Å²) in [6.45, 7) is 0.0257. The predicted molar refractivity (Wildman–Crippen MR) is 59.4 cm³/mol. The Balaban J connectivity index is 2.75. The Labute approximate surface area is 85.4 Å². The maximum Gasteiger partial charge on any atom is 0.0682 e. The molecule has 13 heavy (non-hydrogen) atoms. The second-order valence-corrected chi connectivity index (χ2v) is 4.68. The normalized spacial score (nSPS) is 10.9. The van der Waals surface area contributed by atoms with E-state index in [-0.39, 0.29) is 6.61 Å². The summed E-state index contributed by atoms with van der Waals surface area (Å²) in [5.41, 5.74) is 7.37. The highest BCUT2D eigenvalue weighted by Crippen LogP contribution is 2.33. The minimum absolute atomic E-state index is 0.0257. The van der Waals surface area contributed by atoms with E-state index in [0.717, 1.165) is 19.9 Å². The summed E-state index contributed by atoms with van der Waals surface area (Å²) in [7, 11) is 0. The van der Waals surface area contributed by atoms with Crippen LogP contribution in [0.2, 0.25) is 0 Å². The van der Waals surface area contributed by atoms with Crippen molar-refractivity contribution in [1.29, 1.82) is 0 Å². The summed E-state index contributed by atoms with van der Waals surface area (Å²) in [5.74, 6) is 0. The van der Waals surface area contributed by atoms with Crippen molar-refractivity contribution in [1.82, 2.24) is 0 Å². The zero-order valence-corrected chi connectivity index (χ0v) is 8.53. The van der Waals surface area contributed by atoms with Crippen LogP contribution in [0, 0.1) is 0 Å². The fourth-order valence-corrected chi connectivity index (χ4v) is 2.54. The summed E-state index contributed by atoms with van der Waals surface area (Å²) >= 11 is 5.81. The molecule has 0 fully saturated rings. The molecule has 2 nitrogen and oxygen atoms in total. The second kappa shape index (κ2) is 3.21. The first-order chi connectivity index (χ1) is 6.20. The van der Waals surface area contributed by atoms with Crippen molar-refractivity contribution in [3.8, 4) is 0 Å². The Morgan fingerprint density at radius 2 is 2.15 bits per heavy atom. The van der Waals surface area contributed by atoms with E-state index in [0.29, 0.717) is 5.69 Å². The number of nitrogens with two attached hydrogens (primary N) is 1. The van der Waals surface area contributed by atoms with E-state index < -0.39 is 0 Å². The van der Waals surface area contributed by atoms with Crippen LogP contribution in [0.25, 0.3) is 10.1 Å². The van der Waals surface area contributed by atoms with Crippen molar-refractivity contribution in [2.75, 3.05) is 5.73 Å². The molecule has 3 N–H and O–H groups in total. The molecule has 0 aliphatic rings. The molecular weight excluding hydrogens is 202 g/mol. The van der Waals surface area contributed by atoms with Crippen molar-refractivity contribution in [2.45, 2.75) is 10.8 Å². The molecule has 68 valence electrons. The average Bonchev–Trinajstić information content (AvgIpc) is 2.46. The van der Waals surface area contributed by atoms with Gasteiger partial charge in [0, 0.05) is 5.69 Å². The van der Waals surface area contributed by atoms with Gasteiger partial charge in [0.1, 0.15) is 0 Å². The number of hydrogen-bond donors (Lipinski definition) is 3. The predicted octanol–water partition coefficient (Wildman–Crippen LogP) is 2.26. The maximum absolute atomic E-state index is 8.96. The lowest BCUT2D eigenvalue weighted by molar-refractivity contribution is 0.282. The Morgan fingerprint density at radius 1 is 1.38 bits per heavy atom. The standard InChI is InChI=1S/C9H9NOS2/c10-7-2-5(4-11)1-6-3-8(12)13-9(6)7/h1-3,11-12H,4,10H2. The number of anilines is 1. The second-order valence-electron chi connectivity index (χ2n) is 2.85. The van der Waals surface area contributed by atoms with Crippen LogP contribution >= 0.6 is 24.0 Å². The Morgan fingerprint density at radius 3 is 2.85 bits per heavy atom. The lowest BCUT2D eigenvalue weighted by Gasteiger charge is -1.99. The Bertz CT molecular complexity index is 450. The Kier molecular flexibility index (Phi) is 2.19. The molecule has 0 saturated carbocycles. The zero-order chi connectivity index (χ0) is 9.42. The SMILES string of the molecule is Nc1cc(CO)cc2cc(S)sc12. The Hall–Kier alpha value is -0.710. The minimum atomic E-state index is 0.0257. The van der Waals surface area contributed by atoms with Crippen LogP contribution in [0.5, 0.6) is 0 Å². The van der Waals surface area contributed by atoms with Gasteiger partial charge >= 0.3 is 0 Å². The maximum atomic E-state index is 8.96. The smallest absolute Gasteiger partial charge is 0.0682 e. The van der Waals surface area contributed by atoms with Crippen LogP contribution in [0.15, 0.2) is 22.4 Å². The molecule has 0 spiro atoms. The monoisotopic (exact) mass is 211 g/mol. The molecular formula is C9H9NOS2. The summed E-state index contributed by atoms with van der Waals surface area (Å²) < 4.78 is 1.99. The van der Waals surface area contributed by atoms with Crippen LogP contribution in [0.1, 0.15) is 5.56 Å². The molecule has 0 aliphatic carbocycles. The van der Waals surface area contributed by atoms with Crippen LogP contribution in [-0.2, 0) is 6.61 Å². The van der Waals surface area contributed by atoms with Crippen LogP contribution in [0.3, 0.4) is 0 Å². The highest BCUT2D eigenvalue weighted by Gasteiger charge is 2.04. The van der Waals surface area contributed by atoms with E-state index in [4.69, 9.17) is 10.8 Å². The van der Waals surface area contributed by atoms with E-state index in [1.165, 1.54) is 0 Å². The summed E-state index contributed by atoms with van der Waals surface area (Å²) in [4.78, 5) is 0. The number of rotatable bonds is 1. The van der Waals surface area contributed by atoms with Gasteiger partial charge in [0.2, 0.25) is 0 Å². The number of aliphatic hydroxyl groups is 1. The molecule has 0 atom stereocenters. The summed E-state index contributed by atoms with van der Waals surface area (Å²) in [6.07, 6.45) is 0. The van der Waals surface area contributed by atoms with Crippen molar-refractivity contribution < 1.29 is 5.11 Å². The van der Waals surface area contributed by atoms with E-state index >= 15 is 0 Å². The van der Waals surface area contributed by atoms with Crippen LogP contribution in [0.4, 0.5) is 5.69 Å². The molecule has 0 radical (unpaired) electrons. The van der Waals surface area contributed by atoms with Crippen molar-refractivity contribution >= 4 is 39.7 Å². The number of hydrogen-bond acceptors (Lipinski definition) is 4. The molecule has 1 heterocycles. The molecule has 2 aromatic rings. The third kappa shape index (κ3) is 1.52.